The lowest BCUT2D eigenvalue weighted by Gasteiger charge is -1.92. The minimum Gasteiger partial charge on any atom is -0.390 e. The average Bonchev–Trinajstić information content (AvgIpc) is 2.52. The Kier molecular flexibility index (Phi) is 3.89. The zero-order valence-electron chi connectivity index (χ0n) is 6.08. The number of thiazole rings is 1. The highest BCUT2D eigenvalue weighted by Crippen LogP contribution is 2.10. The standard InChI is InChI=1S/C6H7IN2O2S/c7-9-5(11)1-6-8-4(2-10)3-12-6/h3,10H,1-2H2,(H,9,11). The molecule has 0 spiro atoms. The van der Waals surface area contributed by atoms with Gasteiger partial charge in [-0.1, -0.05) is 0 Å². The van der Waals surface area contributed by atoms with Crippen LogP contribution < -0.4 is 3.53 Å². The second-order valence-electron chi connectivity index (χ2n) is 2.09. The maximum Gasteiger partial charge on any atom is 0.235 e. The number of aliphatic hydroxyl groups excluding tert-OH is 1. The van der Waals surface area contributed by atoms with E-state index in [-0.39, 0.29) is 18.9 Å². The van der Waals surface area contributed by atoms with Gasteiger partial charge in [-0.05, 0) is 0 Å². The Labute approximate surface area is 87.5 Å². The number of nitrogens with one attached hydrogen (secondary N) is 1. The number of halogens is 1. The van der Waals surface area contributed by atoms with Gasteiger partial charge in [-0.2, -0.15) is 0 Å². The zero-order chi connectivity index (χ0) is 8.97. The third kappa shape index (κ3) is 2.68. The van der Waals surface area contributed by atoms with Gasteiger partial charge in [-0.25, -0.2) is 4.98 Å². The maximum absolute atomic E-state index is 10.9. The maximum atomic E-state index is 10.9. The molecule has 0 radical (unpaired) electrons. The van der Waals surface area contributed by atoms with Gasteiger partial charge >= 0.3 is 0 Å². The van der Waals surface area contributed by atoms with Crippen LogP contribution in [-0.2, 0) is 17.8 Å². The molecule has 1 aromatic heterocycles. The molecule has 0 fully saturated rings. The Bertz CT molecular complexity index is 276. The number of carbonyl (C=O) groups is 1. The molecule has 4 nitrogen and oxygen atoms in total. The molecular weight excluding hydrogens is 291 g/mol. The third-order valence-electron chi connectivity index (χ3n) is 1.18. The summed E-state index contributed by atoms with van der Waals surface area (Å²) < 4.78 is 2.48. The van der Waals surface area contributed by atoms with Crippen LogP contribution in [0.5, 0.6) is 0 Å². The van der Waals surface area contributed by atoms with Crippen molar-refractivity contribution in [2.24, 2.45) is 0 Å². The molecule has 0 aliphatic carbocycles. The van der Waals surface area contributed by atoms with E-state index in [1.165, 1.54) is 11.3 Å². The van der Waals surface area contributed by atoms with Crippen molar-refractivity contribution < 1.29 is 9.90 Å². The fourth-order valence-electron chi connectivity index (χ4n) is 0.673. The molecule has 2 N–H and O–H groups in total. The largest absolute Gasteiger partial charge is 0.390 e. The molecule has 1 aromatic rings. The van der Waals surface area contributed by atoms with Crippen LogP contribution in [-0.4, -0.2) is 16.0 Å². The summed E-state index contributed by atoms with van der Waals surface area (Å²) in [6, 6.07) is 0. The lowest BCUT2D eigenvalue weighted by atomic mass is 10.4. The van der Waals surface area contributed by atoms with Crippen LogP contribution in [0.4, 0.5) is 0 Å². The van der Waals surface area contributed by atoms with E-state index in [4.69, 9.17) is 5.11 Å². The fraction of sp³-hybridized carbons (Fsp3) is 0.333. The number of carbonyl (C=O) groups excluding carboxylic acids is 1. The van der Waals surface area contributed by atoms with E-state index in [0.29, 0.717) is 5.69 Å². The molecule has 12 heavy (non-hydrogen) atoms. The van der Waals surface area contributed by atoms with Crippen molar-refractivity contribution in [1.29, 1.82) is 0 Å². The molecule has 0 aromatic carbocycles. The van der Waals surface area contributed by atoms with Crippen LogP contribution in [0.2, 0.25) is 0 Å². The number of hydrogen-bond acceptors (Lipinski definition) is 4. The first-order chi connectivity index (χ1) is 5.76. The number of rotatable bonds is 3. The van der Waals surface area contributed by atoms with Gasteiger partial charge in [0.25, 0.3) is 0 Å². The van der Waals surface area contributed by atoms with Crippen LogP contribution in [0.25, 0.3) is 0 Å². The van der Waals surface area contributed by atoms with Crippen LogP contribution in [0.15, 0.2) is 5.38 Å². The lowest BCUT2D eigenvalue weighted by molar-refractivity contribution is -0.118. The summed E-state index contributed by atoms with van der Waals surface area (Å²) in [5.74, 6) is -0.0746. The Balaban J connectivity index is 2.58. The minimum absolute atomic E-state index is 0.0671. The van der Waals surface area contributed by atoms with Crippen molar-refractivity contribution in [3.8, 4) is 0 Å². The van der Waals surface area contributed by atoms with Crippen molar-refractivity contribution >= 4 is 40.1 Å². The second kappa shape index (κ2) is 4.73. The monoisotopic (exact) mass is 298 g/mol. The Morgan fingerprint density at radius 1 is 1.83 bits per heavy atom. The smallest absolute Gasteiger partial charge is 0.235 e. The first-order valence-corrected chi connectivity index (χ1v) is 5.15. The zero-order valence-corrected chi connectivity index (χ0v) is 9.05. The SMILES string of the molecule is O=C(Cc1nc(CO)cs1)NI. The van der Waals surface area contributed by atoms with Crippen molar-refractivity contribution in [3.05, 3.63) is 16.1 Å². The molecule has 0 atom stereocenters. The van der Waals surface area contributed by atoms with Crippen molar-refractivity contribution in [2.75, 3.05) is 0 Å². The predicted molar refractivity (Wildman–Crippen MR) is 53.9 cm³/mol. The van der Waals surface area contributed by atoms with Crippen LogP contribution in [0.3, 0.4) is 0 Å². The normalized spacial score (nSPS) is 9.83. The summed E-state index contributed by atoms with van der Waals surface area (Å²) in [5.41, 5.74) is 0.622. The van der Waals surface area contributed by atoms with Gasteiger partial charge < -0.3 is 5.11 Å². The van der Waals surface area contributed by atoms with Gasteiger partial charge in [0, 0.05) is 5.38 Å². The first kappa shape index (κ1) is 9.87. The topological polar surface area (TPSA) is 62.2 Å². The van der Waals surface area contributed by atoms with E-state index in [1.54, 1.807) is 28.2 Å². The molecule has 1 amide bonds. The molecule has 66 valence electrons. The summed E-state index contributed by atoms with van der Waals surface area (Å²) in [5, 5.41) is 11.2. The number of aliphatic hydroxyl groups is 1. The molecule has 0 bridgehead atoms. The molecule has 0 saturated carbocycles. The summed E-state index contributed by atoms with van der Waals surface area (Å²) in [4.78, 5) is 14.9. The van der Waals surface area contributed by atoms with Gasteiger partial charge in [0.2, 0.25) is 5.91 Å². The highest BCUT2D eigenvalue weighted by atomic mass is 127. The third-order valence-corrected chi connectivity index (χ3v) is 2.68. The van der Waals surface area contributed by atoms with Crippen molar-refractivity contribution in [2.45, 2.75) is 13.0 Å². The molecule has 0 aliphatic heterocycles. The van der Waals surface area contributed by atoms with E-state index >= 15 is 0 Å². The molecule has 0 aliphatic rings. The lowest BCUT2D eigenvalue weighted by Crippen LogP contribution is -2.14. The highest BCUT2D eigenvalue weighted by molar-refractivity contribution is 14.1. The van der Waals surface area contributed by atoms with Crippen molar-refractivity contribution in [3.63, 3.8) is 0 Å². The highest BCUT2D eigenvalue weighted by Gasteiger charge is 2.05. The summed E-state index contributed by atoms with van der Waals surface area (Å²) >= 11 is 3.17. The van der Waals surface area contributed by atoms with Crippen LogP contribution in [0.1, 0.15) is 10.7 Å². The molecular formula is C6H7IN2O2S. The van der Waals surface area contributed by atoms with Crippen LogP contribution >= 0.6 is 34.2 Å². The Morgan fingerprint density at radius 3 is 3.08 bits per heavy atom. The number of hydrogen-bond donors (Lipinski definition) is 2. The van der Waals surface area contributed by atoms with Crippen LogP contribution in [0, 0.1) is 0 Å². The van der Waals surface area contributed by atoms with Gasteiger partial charge in [0.1, 0.15) is 5.01 Å². The van der Waals surface area contributed by atoms with Gasteiger partial charge in [0.15, 0.2) is 0 Å². The molecule has 1 rings (SSSR count). The van der Waals surface area contributed by atoms with Gasteiger partial charge in [0.05, 0.1) is 41.6 Å². The quantitative estimate of drug-likeness (QED) is 0.636. The number of aromatic nitrogens is 1. The van der Waals surface area contributed by atoms with Gasteiger partial charge in [-0.15, -0.1) is 11.3 Å². The van der Waals surface area contributed by atoms with E-state index in [2.05, 4.69) is 8.51 Å². The molecule has 0 saturated heterocycles. The Hall–Kier alpha value is -0.210. The van der Waals surface area contributed by atoms with E-state index < -0.39 is 0 Å². The first-order valence-electron chi connectivity index (χ1n) is 3.20. The number of amides is 1. The summed E-state index contributed by atoms with van der Waals surface area (Å²) in [7, 11) is 0. The van der Waals surface area contributed by atoms with E-state index in [9.17, 15) is 4.79 Å². The minimum atomic E-state index is -0.0746. The fourth-order valence-corrected chi connectivity index (χ4v) is 1.65. The molecule has 6 heteroatoms. The average molecular weight is 298 g/mol. The summed E-state index contributed by atoms with van der Waals surface area (Å²) in [6.45, 7) is -0.0671. The molecule has 1 heterocycles. The predicted octanol–water partition coefficient (Wildman–Crippen LogP) is 0.644. The van der Waals surface area contributed by atoms with E-state index in [1.807, 2.05) is 0 Å². The van der Waals surface area contributed by atoms with E-state index in [0.717, 1.165) is 5.01 Å². The van der Waals surface area contributed by atoms with Gasteiger partial charge in [-0.3, -0.25) is 8.32 Å². The van der Waals surface area contributed by atoms with Crippen molar-refractivity contribution in [1.82, 2.24) is 8.51 Å². The molecule has 0 unspecified atom stereocenters. The second-order valence-corrected chi connectivity index (χ2v) is 3.57. The summed E-state index contributed by atoms with van der Waals surface area (Å²) in [6.07, 6.45) is 0.285. The number of nitrogens with zero attached hydrogens (tertiary/aromatic N) is 1. The Morgan fingerprint density at radius 2 is 2.58 bits per heavy atom.